The number of sulfone groups is 1. The Balaban J connectivity index is 2.22. The first-order valence-electron chi connectivity index (χ1n) is 5.02. The van der Waals surface area contributed by atoms with Crippen LogP contribution < -0.4 is 0 Å². The molecule has 1 aliphatic carbocycles. The largest absolute Gasteiger partial charge is 0.229 e. The van der Waals surface area contributed by atoms with Gasteiger partial charge in [0.05, 0.1) is 5.25 Å². The van der Waals surface area contributed by atoms with Crippen molar-refractivity contribution in [2.45, 2.75) is 24.5 Å². The Bertz CT molecular complexity index is 467. The van der Waals surface area contributed by atoms with Crippen molar-refractivity contribution in [3.63, 3.8) is 0 Å². The Morgan fingerprint density at radius 1 is 1.40 bits per heavy atom. The molecule has 4 heteroatoms. The second-order valence-corrected chi connectivity index (χ2v) is 6.36. The van der Waals surface area contributed by atoms with Crippen molar-refractivity contribution in [1.82, 2.24) is 0 Å². The zero-order valence-electron chi connectivity index (χ0n) is 8.48. The number of benzene rings is 1. The van der Waals surface area contributed by atoms with Crippen molar-refractivity contribution < 1.29 is 12.8 Å². The van der Waals surface area contributed by atoms with Gasteiger partial charge < -0.3 is 0 Å². The van der Waals surface area contributed by atoms with Gasteiger partial charge in [-0.1, -0.05) is 25.1 Å². The topological polar surface area (TPSA) is 34.1 Å². The van der Waals surface area contributed by atoms with Crippen LogP contribution in [0.25, 0.3) is 0 Å². The molecule has 1 aliphatic rings. The van der Waals surface area contributed by atoms with Crippen LogP contribution in [-0.4, -0.2) is 19.4 Å². The van der Waals surface area contributed by atoms with Gasteiger partial charge in [-0.2, -0.15) is 0 Å². The third kappa shape index (κ3) is 1.91. The van der Waals surface area contributed by atoms with Crippen LogP contribution in [0.4, 0.5) is 4.39 Å². The van der Waals surface area contributed by atoms with E-state index in [0.717, 1.165) is 0 Å². The molecule has 0 heterocycles. The molecule has 0 unspecified atom stereocenters. The van der Waals surface area contributed by atoms with E-state index in [9.17, 15) is 12.8 Å². The van der Waals surface area contributed by atoms with Gasteiger partial charge in [0, 0.05) is 11.7 Å². The molecule has 0 aromatic heterocycles. The van der Waals surface area contributed by atoms with Gasteiger partial charge in [0.15, 0.2) is 9.84 Å². The lowest BCUT2D eigenvalue weighted by molar-refractivity contribution is 0.593. The van der Waals surface area contributed by atoms with Crippen LogP contribution in [-0.2, 0) is 9.84 Å². The van der Waals surface area contributed by atoms with Gasteiger partial charge in [0.1, 0.15) is 5.82 Å². The van der Waals surface area contributed by atoms with Crippen LogP contribution in [0.1, 0.15) is 24.8 Å². The van der Waals surface area contributed by atoms with Crippen LogP contribution >= 0.6 is 0 Å². The molecule has 2 rings (SSSR count). The SMILES string of the molecule is CCS(=O)(=O)[C@@H]1C[C@H]1c1ccccc1F. The Morgan fingerprint density at radius 3 is 2.67 bits per heavy atom. The van der Waals surface area contributed by atoms with E-state index in [1.807, 2.05) is 0 Å². The summed E-state index contributed by atoms with van der Waals surface area (Å²) in [7, 11) is -3.01. The van der Waals surface area contributed by atoms with Crippen molar-refractivity contribution in [2.75, 3.05) is 5.75 Å². The summed E-state index contributed by atoms with van der Waals surface area (Å²) in [5.74, 6) is -0.282. The molecule has 0 N–H and O–H groups in total. The average molecular weight is 228 g/mol. The maximum Gasteiger partial charge on any atom is 0.153 e. The third-order valence-electron chi connectivity index (χ3n) is 2.90. The van der Waals surface area contributed by atoms with Crippen LogP contribution in [0.3, 0.4) is 0 Å². The van der Waals surface area contributed by atoms with Gasteiger partial charge in [-0.25, -0.2) is 12.8 Å². The van der Waals surface area contributed by atoms with Crippen LogP contribution in [0.15, 0.2) is 24.3 Å². The maximum absolute atomic E-state index is 13.4. The van der Waals surface area contributed by atoms with E-state index in [2.05, 4.69) is 0 Å². The van der Waals surface area contributed by atoms with Crippen LogP contribution in [0.5, 0.6) is 0 Å². The Hall–Kier alpha value is -0.900. The third-order valence-corrected chi connectivity index (χ3v) is 5.15. The molecule has 2 nitrogen and oxygen atoms in total. The number of halogens is 1. The summed E-state index contributed by atoms with van der Waals surface area (Å²) in [5, 5.41) is -0.362. The van der Waals surface area contributed by atoms with E-state index in [1.165, 1.54) is 6.07 Å². The highest BCUT2D eigenvalue weighted by Crippen LogP contribution is 2.46. The monoisotopic (exact) mass is 228 g/mol. The smallest absolute Gasteiger partial charge is 0.153 e. The first-order valence-corrected chi connectivity index (χ1v) is 6.74. The Kier molecular flexibility index (Phi) is 2.54. The van der Waals surface area contributed by atoms with Gasteiger partial charge in [-0.3, -0.25) is 0 Å². The van der Waals surface area contributed by atoms with Crippen molar-refractivity contribution in [2.24, 2.45) is 0 Å². The molecule has 1 fully saturated rings. The first kappa shape index (κ1) is 10.6. The van der Waals surface area contributed by atoms with Crippen LogP contribution in [0.2, 0.25) is 0 Å². The van der Waals surface area contributed by atoms with Crippen molar-refractivity contribution in [3.8, 4) is 0 Å². The van der Waals surface area contributed by atoms with Gasteiger partial charge in [-0.15, -0.1) is 0 Å². The summed E-state index contributed by atoms with van der Waals surface area (Å²) < 4.78 is 36.4. The molecule has 0 amide bonds. The second-order valence-electron chi connectivity index (χ2n) is 3.85. The lowest BCUT2D eigenvalue weighted by Crippen LogP contribution is -2.11. The van der Waals surface area contributed by atoms with Gasteiger partial charge in [0.2, 0.25) is 0 Å². The highest BCUT2D eigenvalue weighted by Gasteiger charge is 2.47. The van der Waals surface area contributed by atoms with Gasteiger partial charge >= 0.3 is 0 Å². The number of hydrogen-bond donors (Lipinski definition) is 0. The molecule has 1 aromatic rings. The highest BCUT2D eigenvalue weighted by atomic mass is 32.2. The average Bonchev–Trinajstić information content (AvgIpc) is 2.99. The molecule has 0 bridgehead atoms. The second kappa shape index (κ2) is 3.59. The molecule has 1 saturated carbocycles. The van der Waals surface area contributed by atoms with Crippen molar-refractivity contribution in [3.05, 3.63) is 35.6 Å². The fraction of sp³-hybridized carbons (Fsp3) is 0.455. The summed E-state index contributed by atoms with van der Waals surface area (Å²) in [6, 6.07) is 6.41. The van der Waals surface area contributed by atoms with Crippen LogP contribution in [0, 0.1) is 5.82 Å². The predicted octanol–water partition coefficient (Wildman–Crippen LogP) is 2.12. The Labute approximate surface area is 89.0 Å². The molecule has 0 saturated heterocycles. The molecule has 0 spiro atoms. The quantitative estimate of drug-likeness (QED) is 0.794. The maximum atomic E-state index is 13.4. The minimum atomic E-state index is -3.01. The van der Waals surface area contributed by atoms with E-state index in [4.69, 9.17) is 0 Å². The standard InChI is InChI=1S/C11H13FO2S/c1-2-15(13,14)11-7-9(11)8-5-3-4-6-10(8)12/h3-6,9,11H,2,7H2,1H3/t9-,11+/m0/s1. The normalized spacial score (nSPS) is 25.2. The highest BCUT2D eigenvalue weighted by molar-refractivity contribution is 7.92. The first-order chi connectivity index (χ1) is 7.06. The number of hydrogen-bond acceptors (Lipinski definition) is 2. The van der Waals surface area contributed by atoms with E-state index < -0.39 is 9.84 Å². The molecule has 0 aliphatic heterocycles. The lowest BCUT2D eigenvalue weighted by Gasteiger charge is -2.02. The molecule has 82 valence electrons. The molecule has 15 heavy (non-hydrogen) atoms. The van der Waals surface area contributed by atoms with E-state index in [-0.39, 0.29) is 22.7 Å². The molecule has 2 atom stereocenters. The van der Waals surface area contributed by atoms with Gasteiger partial charge in [-0.05, 0) is 18.1 Å². The molecular formula is C11H13FO2S. The summed E-state index contributed by atoms with van der Waals surface area (Å²) in [4.78, 5) is 0. The molecule has 0 radical (unpaired) electrons. The van der Waals surface area contributed by atoms with Crippen molar-refractivity contribution >= 4 is 9.84 Å². The lowest BCUT2D eigenvalue weighted by atomic mass is 10.1. The summed E-state index contributed by atoms with van der Waals surface area (Å²) in [6.07, 6.45) is 0.567. The van der Waals surface area contributed by atoms with E-state index in [1.54, 1.807) is 25.1 Å². The summed E-state index contributed by atoms with van der Waals surface area (Å²) in [6.45, 7) is 1.63. The summed E-state index contributed by atoms with van der Waals surface area (Å²) >= 11 is 0. The minimum Gasteiger partial charge on any atom is -0.229 e. The predicted molar refractivity (Wildman–Crippen MR) is 57.0 cm³/mol. The van der Waals surface area contributed by atoms with E-state index >= 15 is 0 Å². The zero-order chi connectivity index (χ0) is 11.1. The number of rotatable bonds is 3. The van der Waals surface area contributed by atoms with E-state index in [0.29, 0.717) is 12.0 Å². The molecule has 1 aromatic carbocycles. The molecular weight excluding hydrogens is 215 g/mol. The minimum absolute atomic E-state index is 0.129. The zero-order valence-corrected chi connectivity index (χ0v) is 9.30. The summed E-state index contributed by atoms with van der Waals surface area (Å²) in [5.41, 5.74) is 0.541. The fourth-order valence-electron chi connectivity index (χ4n) is 1.89. The van der Waals surface area contributed by atoms with Gasteiger partial charge in [0.25, 0.3) is 0 Å². The fourth-order valence-corrected chi connectivity index (χ4v) is 3.46. The Morgan fingerprint density at radius 2 is 2.07 bits per heavy atom. The van der Waals surface area contributed by atoms with Crippen molar-refractivity contribution in [1.29, 1.82) is 0 Å².